The van der Waals surface area contributed by atoms with Gasteiger partial charge in [0.15, 0.2) is 0 Å². The monoisotopic (exact) mass is 275 g/mol. The standard InChI is InChI=1S/C14H21N5O/c1-11-7-14(20-2)8-13(16-11)10-19-9-12(17-18-19)5-3-4-6-15/h7-9H,3-6,10,15H2,1-2H3. The highest BCUT2D eigenvalue weighted by molar-refractivity contribution is 5.26. The molecule has 2 rings (SSSR count). The Morgan fingerprint density at radius 3 is 2.85 bits per heavy atom. The Kier molecular flexibility index (Phi) is 5.06. The van der Waals surface area contributed by atoms with Gasteiger partial charge in [0.05, 0.1) is 25.0 Å². The van der Waals surface area contributed by atoms with E-state index in [1.165, 1.54) is 0 Å². The molecule has 0 atom stereocenters. The molecule has 2 aromatic rings. The molecule has 0 saturated carbocycles. The molecular weight excluding hydrogens is 254 g/mol. The molecule has 0 saturated heterocycles. The van der Waals surface area contributed by atoms with Crippen molar-refractivity contribution in [2.75, 3.05) is 13.7 Å². The van der Waals surface area contributed by atoms with E-state index < -0.39 is 0 Å². The summed E-state index contributed by atoms with van der Waals surface area (Å²) in [5, 5.41) is 8.29. The third-order valence-corrected chi connectivity index (χ3v) is 3.01. The molecule has 0 fully saturated rings. The zero-order valence-electron chi connectivity index (χ0n) is 12.0. The molecule has 0 aliphatic carbocycles. The Labute approximate surface area is 119 Å². The number of nitrogens with zero attached hydrogens (tertiary/aromatic N) is 4. The van der Waals surface area contributed by atoms with Gasteiger partial charge in [0.2, 0.25) is 0 Å². The molecule has 0 amide bonds. The second-order valence-electron chi connectivity index (χ2n) is 4.79. The van der Waals surface area contributed by atoms with E-state index in [9.17, 15) is 0 Å². The number of nitrogens with two attached hydrogens (primary N) is 1. The van der Waals surface area contributed by atoms with Crippen molar-refractivity contribution in [1.29, 1.82) is 0 Å². The molecule has 2 heterocycles. The predicted octanol–water partition coefficient (Wildman–Crippen LogP) is 1.32. The summed E-state index contributed by atoms with van der Waals surface area (Å²) in [6.45, 7) is 3.27. The molecular formula is C14H21N5O. The van der Waals surface area contributed by atoms with Crippen molar-refractivity contribution >= 4 is 0 Å². The number of rotatable bonds is 7. The minimum Gasteiger partial charge on any atom is -0.497 e. The van der Waals surface area contributed by atoms with Crippen molar-refractivity contribution in [3.63, 3.8) is 0 Å². The van der Waals surface area contributed by atoms with E-state index in [1.807, 2.05) is 25.3 Å². The van der Waals surface area contributed by atoms with Gasteiger partial charge in [-0.15, -0.1) is 5.10 Å². The SMILES string of the molecule is COc1cc(C)nc(Cn2cc(CCCCN)nn2)c1. The first kappa shape index (κ1) is 14.5. The lowest BCUT2D eigenvalue weighted by Gasteiger charge is -2.05. The van der Waals surface area contributed by atoms with E-state index in [2.05, 4.69) is 15.3 Å². The molecule has 108 valence electrons. The van der Waals surface area contributed by atoms with Crippen LogP contribution in [0.4, 0.5) is 0 Å². The molecule has 0 radical (unpaired) electrons. The smallest absolute Gasteiger partial charge is 0.122 e. The van der Waals surface area contributed by atoms with E-state index in [4.69, 9.17) is 10.5 Å². The fourth-order valence-corrected chi connectivity index (χ4v) is 2.05. The number of hydrogen-bond acceptors (Lipinski definition) is 5. The van der Waals surface area contributed by atoms with Gasteiger partial charge in [-0.3, -0.25) is 4.98 Å². The van der Waals surface area contributed by atoms with Gasteiger partial charge >= 0.3 is 0 Å². The van der Waals surface area contributed by atoms with Crippen LogP contribution in [0, 0.1) is 6.92 Å². The number of aromatic nitrogens is 4. The molecule has 0 aliphatic heterocycles. The molecule has 2 aromatic heterocycles. The molecule has 0 spiro atoms. The summed E-state index contributed by atoms with van der Waals surface area (Å²) in [6.07, 6.45) is 4.95. The first-order valence-electron chi connectivity index (χ1n) is 6.82. The first-order valence-corrected chi connectivity index (χ1v) is 6.82. The maximum absolute atomic E-state index is 5.48. The van der Waals surface area contributed by atoms with Gasteiger partial charge in [0.25, 0.3) is 0 Å². The molecule has 6 heteroatoms. The van der Waals surface area contributed by atoms with Crippen LogP contribution in [0.1, 0.15) is 29.9 Å². The van der Waals surface area contributed by atoms with Gasteiger partial charge < -0.3 is 10.5 Å². The van der Waals surface area contributed by atoms with Gasteiger partial charge in [-0.2, -0.15) is 0 Å². The number of unbranched alkanes of at least 4 members (excludes halogenated alkanes) is 1. The van der Waals surface area contributed by atoms with E-state index in [-0.39, 0.29) is 0 Å². The van der Waals surface area contributed by atoms with Crippen molar-refractivity contribution in [1.82, 2.24) is 20.0 Å². The van der Waals surface area contributed by atoms with Crippen molar-refractivity contribution < 1.29 is 4.74 Å². The Bertz CT molecular complexity index is 552. The van der Waals surface area contributed by atoms with E-state index in [0.717, 1.165) is 48.6 Å². The highest BCUT2D eigenvalue weighted by Crippen LogP contribution is 2.14. The van der Waals surface area contributed by atoms with Crippen LogP contribution >= 0.6 is 0 Å². The zero-order chi connectivity index (χ0) is 14.4. The molecule has 6 nitrogen and oxygen atoms in total. The number of ether oxygens (including phenoxy) is 1. The second-order valence-corrected chi connectivity index (χ2v) is 4.79. The van der Waals surface area contributed by atoms with Crippen LogP contribution in [0.2, 0.25) is 0 Å². The number of hydrogen-bond donors (Lipinski definition) is 1. The van der Waals surface area contributed by atoms with Crippen LogP contribution in [-0.2, 0) is 13.0 Å². The van der Waals surface area contributed by atoms with Gasteiger partial charge in [-0.1, -0.05) is 5.21 Å². The maximum Gasteiger partial charge on any atom is 0.122 e. The highest BCUT2D eigenvalue weighted by Gasteiger charge is 2.05. The Morgan fingerprint density at radius 2 is 2.10 bits per heavy atom. The summed E-state index contributed by atoms with van der Waals surface area (Å²) < 4.78 is 7.05. The lowest BCUT2D eigenvalue weighted by molar-refractivity contribution is 0.412. The topological polar surface area (TPSA) is 78.9 Å². The highest BCUT2D eigenvalue weighted by atomic mass is 16.5. The largest absolute Gasteiger partial charge is 0.497 e. The van der Waals surface area contributed by atoms with Crippen molar-refractivity contribution in [3.8, 4) is 5.75 Å². The fraction of sp³-hybridized carbons (Fsp3) is 0.500. The molecule has 0 aliphatic rings. The van der Waals surface area contributed by atoms with Crippen molar-refractivity contribution in [3.05, 3.63) is 35.4 Å². The minimum absolute atomic E-state index is 0.599. The summed E-state index contributed by atoms with van der Waals surface area (Å²) in [6, 6.07) is 3.83. The third-order valence-electron chi connectivity index (χ3n) is 3.01. The lowest BCUT2D eigenvalue weighted by Crippen LogP contribution is -2.04. The number of methoxy groups -OCH3 is 1. The van der Waals surface area contributed by atoms with Gasteiger partial charge in [0, 0.05) is 24.0 Å². The number of aryl methyl sites for hydroxylation is 2. The van der Waals surface area contributed by atoms with Crippen LogP contribution in [0.5, 0.6) is 5.75 Å². The van der Waals surface area contributed by atoms with Crippen LogP contribution in [-0.4, -0.2) is 33.6 Å². The van der Waals surface area contributed by atoms with Gasteiger partial charge in [-0.05, 0) is 32.7 Å². The Morgan fingerprint density at radius 1 is 1.25 bits per heavy atom. The van der Waals surface area contributed by atoms with Gasteiger partial charge in [-0.25, -0.2) is 4.68 Å². The predicted molar refractivity (Wildman–Crippen MR) is 76.6 cm³/mol. The first-order chi connectivity index (χ1) is 9.71. The van der Waals surface area contributed by atoms with Crippen molar-refractivity contribution in [2.24, 2.45) is 5.73 Å². The summed E-state index contributed by atoms with van der Waals surface area (Å²) >= 11 is 0. The average Bonchev–Trinajstić information content (AvgIpc) is 2.86. The number of pyridine rings is 1. The quantitative estimate of drug-likeness (QED) is 0.771. The minimum atomic E-state index is 0.599. The molecule has 2 N–H and O–H groups in total. The summed E-state index contributed by atoms with van der Waals surface area (Å²) in [5.41, 5.74) is 8.33. The lowest BCUT2D eigenvalue weighted by atomic mass is 10.2. The molecule has 0 aromatic carbocycles. The molecule has 0 unspecified atom stereocenters. The Balaban J connectivity index is 2.01. The van der Waals surface area contributed by atoms with Crippen LogP contribution in [0.3, 0.4) is 0 Å². The van der Waals surface area contributed by atoms with Crippen LogP contribution in [0.15, 0.2) is 18.3 Å². The van der Waals surface area contributed by atoms with Crippen molar-refractivity contribution in [2.45, 2.75) is 32.7 Å². The van der Waals surface area contributed by atoms with E-state index in [1.54, 1.807) is 11.8 Å². The summed E-state index contributed by atoms with van der Waals surface area (Å²) in [5.74, 6) is 0.816. The van der Waals surface area contributed by atoms with E-state index >= 15 is 0 Å². The summed E-state index contributed by atoms with van der Waals surface area (Å²) in [7, 11) is 1.66. The molecule has 0 bridgehead atoms. The average molecular weight is 275 g/mol. The zero-order valence-corrected chi connectivity index (χ0v) is 12.0. The second kappa shape index (κ2) is 7.00. The molecule has 20 heavy (non-hydrogen) atoms. The maximum atomic E-state index is 5.48. The fourth-order valence-electron chi connectivity index (χ4n) is 2.05. The normalized spacial score (nSPS) is 10.8. The van der Waals surface area contributed by atoms with E-state index in [0.29, 0.717) is 6.54 Å². The van der Waals surface area contributed by atoms with Crippen LogP contribution in [0.25, 0.3) is 0 Å². The third kappa shape index (κ3) is 4.03. The van der Waals surface area contributed by atoms with Crippen LogP contribution < -0.4 is 10.5 Å². The summed E-state index contributed by atoms with van der Waals surface area (Å²) in [4.78, 5) is 4.48. The Hall–Kier alpha value is -1.95. The van der Waals surface area contributed by atoms with Gasteiger partial charge in [0.1, 0.15) is 5.75 Å².